The Labute approximate surface area is 109 Å². The maximum Gasteiger partial charge on any atom is 0.340 e. The van der Waals surface area contributed by atoms with Crippen LogP contribution >= 0.6 is 0 Å². The summed E-state index contributed by atoms with van der Waals surface area (Å²) >= 11 is 0. The van der Waals surface area contributed by atoms with E-state index in [9.17, 15) is 9.18 Å². The lowest BCUT2D eigenvalue weighted by molar-refractivity contribution is 0.0595. The van der Waals surface area contributed by atoms with E-state index < -0.39 is 11.8 Å². The van der Waals surface area contributed by atoms with Crippen molar-refractivity contribution in [3.8, 4) is 17.0 Å². The standard InChI is InChI=1S/C14H12FNO3/c1-18-10-5-3-4-9(6-10)13-7-11(14(17)19-2)12(15)8-16-13/h3-8H,1-2H3. The van der Waals surface area contributed by atoms with Crippen molar-refractivity contribution in [3.63, 3.8) is 0 Å². The first kappa shape index (κ1) is 13.0. The molecule has 0 bridgehead atoms. The minimum Gasteiger partial charge on any atom is -0.497 e. The van der Waals surface area contributed by atoms with Gasteiger partial charge in [-0.25, -0.2) is 9.18 Å². The second-order valence-electron chi connectivity index (χ2n) is 3.77. The van der Waals surface area contributed by atoms with Crippen LogP contribution in [0, 0.1) is 5.82 Å². The van der Waals surface area contributed by atoms with Crippen molar-refractivity contribution in [1.82, 2.24) is 4.98 Å². The first-order valence-corrected chi connectivity index (χ1v) is 5.54. The van der Waals surface area contributed by atoms with Gasteiger partial charge in [0.05, 0.1) is 31.7 Å². The second kappa shape index (κ2) is 5.48. The molecular formula is C14H12FNO3. The fourth-order valence-electron chi connectivity index (χ4n) is 1.65. The monoisotopic (exact) mass is 261 g/mol. The van der Waals surface area contributed by atoms with E-state index in [1.54, 1.807) is 31.4 Å². The van der Waals surface area contributed by atoms with E-state index in [2.05, 4.69) is 9.72 Å². The number of hydrogen-bond donors (Lipinski definition) is 0. The van der Waals surface area contributed by atoms with E-state index in [0.29, 0.717) is 11.4 Å². The lowest BCUT2D eigenvalue weighted by Crippen LogP contribution is -2.05. The van der Waals surface area contributed by atoms with Crippen LogP contribution in [0.3, 0.4) is 0 Å². The number of pyridine rings is 1. The zero-order chi connectivity index (χ0) is 13.8. The lowest BCUT2D eigenvalue weighted by Gasteiger charge is -2.06. The first-order chi connectivity index (χ1) is 9.15. The third kappa shape index (κ3) is 2.70. The number of carbonyl (C=O) groups is 1. The third-order valence-electron chi connectivity index (χ3n) is 2.63. The number of halogens is 1. The molecule has 0 N–H and O–H groups in total. The maximum atomic E-state index is 13.5. The Hall–Kier alpha value is -2.43. The van der Waals surface area contributed by atoms with Crippen molar-refractivity contribution in [2.24, 2.45) is 0 Å². The molecule has 98 valence electrons. The highest BCUT2D eigenvalue weighted by Gasteiger charge is 2.14. The van der Waals surface area contributed by atoms with E-state index in [0.717, 1.165) is 11.8 Å². The molecule has 0 aliphatic rings. The van der Waals surface area contributed by atoms with Gasteiger partial charge >= 0.3 is 5.97 Å². The number of nitrogens with zero attached hydrogens (tertiary/aromatic N) is 1. The van der Waals surface area contributed by atoms with Crippen LogP contribution in [0.15, 0.2) is 36.5 Å². The number of aromatic nitrogens is 1. The van der Waals surface area contributed by atoms with Gasteiger partial charge < -0.3 is 9.47 Å². The number of carbonyl (C=O) groups excluding carboxylic acids is 1. The molecule has 2 rings (SSSR count). The van der Waals surface area contributed by atoms with E-state index in [-0.39, 0.29) is 5.56 Å². The summed E-state index contributed by atoms with van der Waals surface area (Å²) in [5.41, 5.74) is 1.06. The fraction of sp³-hybridized carbons (Fsp3) is 0.143. The molecular weight excluding hydrogens is 249 g/mol. The van der Waals surface area contributed by atoms with Gasteiger partial charge in [-0.1, -0.05) is 12.1 Å². The molecule has 1 aromatic carbocycles. The lowest BCUT2D eigenvalue weighted by atomic mass is 10.1. The number of hydrogen-bond acceptors (Lipinski definition) is 4. The summed E-state index contributed by atoms with van der Waals surface area (Å²) in [6.07, 6.45) is 1.00. The summed E-state index contributed by atoms with van der Waals surface area (Å²) in [5.74, 6) is -0.786. The van der Waals surface area contributed by atoms with Crippen LogP contribution in [0.2, 0.25) is 0 Å². The van der Waals surface area contributed by atoms with Crippen LogP contribution < -0.4 is 4.74 Å². The number of rotatable bonds is 3. The molecule has 0 saturated heterocycles. The molecule has 0 aliphatic heterocycles. The zero-order valence-corrected chi connectivity index (χ0v) is 10.5. The smallest absolute Gasteiger partial charge is 0.340 e. The summed E-state index contributed by atoms with van der Waals surface area (Å²) in [5, 5.41) is 0. The third-order valence-corrected chi connectivity index (χ3v) is 2.63. The molecule has 0 aliphatic carbocycles. The summed E-state index contributed by atoms with van der Waals surface area (Å²) in [7, 11) is 2.75. The van der Waals surface area contributed by atoms with E-state index in [1.807, 2.05) is 0 Å². The summed E-state index contributed by atoms with van der Waals surface area (Å²) in [6, 6.07) is 8.48. The fourth-order valence-corrected chi connectivity index (χ4v) is 1.65. The summed E-state index contributed by atoms with van der Waals surface area (Å²) < 4.78 is 23.1. The number of methoxy groups -OCH3 is 2. The van der Waals surface area contributed by atoms with E-state index in [4.69, 9.17) is 4.74 Å². The summed E-state index contributed by atoms with van der Waals surface area (Å²) in [6.45, 7) is 0. The molecule has 19 heavy (non-hydrogen) atoms. The second-order valence-corrected chi connectivity index (χ2v) is 3.77. The predicted octanol–water partition coefficient (Wildman–Crippen LogP) is 2.68. The van der Waals surface area contributed by atoms with Gasteiger partial charge in [0.1, 0.15) is 5.75 Å². The molecule has 0 radical (unpaired) electrons. The van der Waals surface area contributed by atoms with E-state index >= 15 is 0 Å². The minimum atomic E-state index is -0.732. The van der Waals surface area contributed by atoms with Crippen LogP contribution in [-0.2, 0) is 4.74 Å². The Balaban J connectivity index is 2.48. The SMILES string of the molecule is COC(=O)c1cc(-c2cccc(OC)c2)ncc1F. The van der Waals surface area contributed by atoms with Gasteiger partial charge in [0.25, 0.3) is 0 Å². The highest BCUT2D eigenvalue weighted by atomic mass is 19.1. The molecule has 0 amide bonds. The number of esters is 1. The van der Waals surface area contributed by atoms with Crippen molar-refractivity contribution < 1.29 is 18.7 Å². The van der Waals surface area contributed by atoms with E-state index in [1.165, 1.54) is 13.2 Å². The maximum absolute atomic E-state index is 13.5. The van der Waals surface area contributed by atoms with Crippen LogP contribution in [0.25, 0.3) is 11.3 Å². The summed E-state index contributed by atoms with van der Waals surface area (Å²) in [4.78, 5) is 15.4. The molecule has 1 heterocycles. The van der Waals surface area contributed by atoms with Gasteiger partial charge in [-0.2, -0.15) is 0 Å². The average Bonchev–Trinajstić information content (AvgIpc) is 2.47. The highest BCUT2D eigenvalue weighted by molar-refractivity contribution is 5.90. The minimum absolute atomic E-state index is 0.143. The Morgan fingerprint density at radius 3 is 2.74 bits per heavy atom. The Bertz CT molecular complexity index is 613. The molecule has 0 spiro atoms. The Morgan fingerprint density at radius 1 is 1.26 bits per heavy atom. The molecule has 1 aromatic heterocycles. The van der Waals surface area contributed by atoms with Crippen LogP contribution in [0.1, 0.15) is 10.4 Å². The number of benzene rings is 1. The van der Waals surface area contributed by atoms with Crippen LogP contribution in [0.4, 0.5) is 4.39 Å². The topological polar surface area (TPSA) is 48.4 Å². The molecule has 2 aromatic rings. The predicted molar refractivity (Wildman–Crippen MR) is 67.5 cm³/mol. The molecule has 4 nitrogen and oxygen atoms in total. The van der Waals surface area contributed by atoms with Gasteiger partial charge in [-0.05, 0) is 18.2 Å². The van der Waals surface area contributed by atoms with Crippen LogP contribution in [-0.4, -0.2) is 25.2 Å². The average molecular weight is 261 g/mol. The van der Waals surface area contributed by atoms with Crippen molar-refractivity contribution in [1.29, 1.82) is 0 Å². The molecule has 0 saturated carbocycles. The van der Waals surface area contributed by atoms with Crippen molar-refractivity contribution in [3.05, 3.63) is 47.9 Å². The van der Waals surface area contributed by atoms with Crippen molar-refractivity contribution in [2.45, 2.75) is 0 Å². The van der Waals surface area contributed by atoms with Gasteiger partial charge in [0, 0.05) is 5.56 Å². The van der Waals surface area contributed by atoms with Crippen molar-refractivity contribution >= 4 is 5.97 Å². The van der Waals surface area contributed by atoms with Crippen LogP contribution in [0.5, 0.6) is 5.75 Å². The molecule has 5 heteroatoms. The Kier molecular flexibility index (Phi) is 3.75. The molecule has 0 fully saturated rings. The molecule has 0 unspecified atom stereocenters. The zero-order valence-electron chi connectivity index (χ0n) is 10.5. The Morgan fingerprint density at radius 2 is 2.05 bits per heavy atom. The van der Waals surface area contributed by atoms with Gasteiger partial charge in [-0.3, -0.25) is 4.98 Å². The van der Waals surface area contributed by atoms with Gasteiger partial charge in [0.2, 0.25) is 0 Å². The van der Waals surface area contributed by atoms with Crippen molar-refractivity contribution in [2.75, 3.05) is 14.2 Å². The quantitative estimate of drug-likeness (QED) is 0.797. The normalized spacial score (nSPS) is 10.1. The van der Waals surface area contributed by atoms with Gasteiger partial charge in [-0.15, -0.1) is 0 Å². The number of ether oxygens (including phenoxy) is 2. The highest BCUT2D eigenvalue weighted by Crippen LogP contribution is 2.23. The largest absolute Gasteiger partial charge is 0.497 e. The van der Waals surface area contributed by atoms with Gasteiger partial charge in [0.15, 0.2) is 5.82 Å². The first-order valence-electron chi connectivity index (χ1n) is 5.54. The molecule has 0 atom stereocenters.